The lowest BCUT2D eigenvalue weighted by atomic mass is 10.1. The van der Waals surface area contributed by atoms with Gasteiger partial charge >= 0.3 is 6.18 Å². The minimum Gasteiger partial charge on any atom is -0.352 e. The van der Waals surface area contributed by atoms with Crippen LogP contribution in [0.5, 0.6) is 0 Å². The second kappa shape index (κ2) is 6.98. The Morgan fingerprint density at radius 2 is 1.95 bits per heavy atom. The van der Waals surface area contributed by atoms with Crippen molar-refractivity contribution in [3.05, 3.63) is 23.9 Å². The highest BCUT2D eigenvalue weighted by molar-refractivity contribution is 6.18. The molecule has 0 aliphatic rings. The molecule has 0 saturated carbocycles. The quantitative estimate of drug-likeness (QED) is 0.726. The van der Waals surface area contributed by atoms with Gasteiger partial charge in [-0.05, 0) is 25.0 Å². The van der Waals surface area contributed by atoms with E-state index in [4.69, 9.17) is 11.6 Å². The molecule has 0 atom stereocenters. The number of hydrogen-bond acceptors (Lipinski definition) is 2. The molecule has 19 heavy (non-hydrogen) atoms. The first-order valence-electron chi connectivity index (χ1n) is 6.29. The van der Waals surface area contributed by atoms with Gasteiger partial charge in [0.25, 0.3) is 0 Å². The molecule has 1 aromatic heterocycles. The Hall–Kier alpha value is -0.970. The fourth-order valence-electron chi connectivity index (χ4n) is 2.06. The Balaban J connectivity index is 3.09. The summed E-state index contributed by atoms with van der Waals surface area (Å²) in [4.78, 5) is 5.91. The zero-order valence-electron chi connectivity index (χ0n) is 11.0. The summed E-state index contributed by atoms with van der Waals surface area (Å²) < 4.78 is 38.1. The Morgan fingerprint density at radius 3 is 2.42 bits per heavy atom. The van der Waals surface area contributed by atoms with Crippen molar-refractivity contribution in [1.29, 1.82) is 0 Å². The summed E-state index contributed by atoms with van der Waals surface area (Å²) in [7, 11) is 0. The number of hydrogen-bond donors (Lipinski definition) is 0. The maximum Gasteiger partial charge on any atom is 0.416 e. The molecule has 0 saturated heterocycles. The third-order valence-electron chi connectivity index (χ3n) is 3.08. The maximum atomic E-state index is 12.7. The standard InChI is InChI=1S/C13H18ClF3N2/c1-3-11(4-2)19(8-6-14)12-9-10(5-7-18-12)13(15,16)17/h5,7,9,11H,3-4,6,8H2,1-2H3. The lowest BCUT2D eigenvalue weighted by Crippen LogP contribution is -2.36. The third kappa shape index (κ3) is 4.27. The summed E-state index contributed by atoms with van der Waals surface area (Å²) in [6.45, 7) is 4.49. The highest BCUT2D eigenvalue weighted by Gasteiger charge is 2.31. The molecule has 0 aromatic carbocycles. The molecule has 1 aromatic rings. The Bertz CT molecular complexity index is 392. The van der Waals surface area contributed by atoms with Crippen molar-refractivity contribution in [3.8, 4) is 0 Å². The SMILES string of the molecule is CCC(CC)N(CCCl)c1cc(C(F)(F)F)ccn1. The zero-order valence-corrected chi connectivity index (χ0v) is 11.8. The monoisotopic (exact) mass is 294 g/mol. The van der Waals surface area contributed by atoms with Crippen LogP contribution >= 0.6 is 11.6 Å². The molecule has 2 nitrogen and oxygen atoms in total. The predicted molar refractivity (Wildman–Crippen MR) is 71.7 cm³/mol. The molecule has 0 spiro atoms. The van der Waals surface area contributed by atoms with Crippen LogP contribution in [0.4, 0.5) is 19.0 Å². The first-order chi connectivity index (χ1) is 8.93. The molecule has 0 radical (unpaired) electrons. The highest BCUT2D eigenvalue weighted by Crippen LogP contribution is 2.31. The Kier molecular flexibility index (Phi) is 5.91. The highest BCUT2D eigenvalue weighted by atomic mass is 35.5. The van der Waals surface area contributed by atoms with Crippen molar-refractivity contribution in [2.75, 3.05) is 17.3 Å². The second-order valence-electron chi connectivity index (χ2n) is 4.25. The number of nitrogens with zero attached hydrogens (tertiary/aromatic N) is 2. The van der Waals surface area contributed by atoms with Gasteiger partial charge in [0, 0.05) is 24.7 Å². The summed E-state index contributed by atoms with van der Waals surface area (Å²) in [5, 5.41) is 0. The summed E-state index contributed by atoms with van der Waals surface area (Å²) in [6, 6.07) is 2.22. The van der Waals surface area contributed by atoms with Crippen molar-refractivity contribution in [2.45, 2.75) is 38.9 Å². The van der Waals surface area contributed by atoms with Gasteiger partial charge in [-0.25, -0.2) is 4.98 Å². The molecule has 0 unspecified atom stereocenters. The third-order valence-corrected chi connectivity index (χ3v) is 3.24. The van der Waals surface area contributed by atoms with Crippen LogP contribution in [0, 0.1) is 0 Å². The zero-order chi connectivity index (χ0) is 14.5. The number of alkyl halides is 4. The van der Waals surface area contributed by atoms with Crippen LogP contribution in [-0.4, -0.2) is 23.5 Å². The van der Waals surface area contributed by atoms with Crippen LogP contribution in [0.25, 0.3) is 0 Å². The summed E-state index contributed by atoms with van der Waals surface area (Å²) in [5.74, 6) is 0.693. The van der Waals surface area contributed by atoms with Crippen LogP contribution in [-0.2, 0) is 6.18 Å². The molecule has 0 fully saturated rings. The average molecular weight is 295 g/mol. The minimum absolute atomic E-state index is 0.148. The molecule has 0 aliphatic carbocycles. The molecule has 0 N–H and O–H groups in total. The van der Waals surface area contributed by atoms with Gasteiger partial charge in [-0.15, -0.1) is 11.6 Å². The smallest absolute Gasteiger partial charge is 0.352 e. The number of aromatic nitrogens is 1. The summed E-state index contributed by atoms with van der Waals surface area (Å²) in [5.41, 5.74) is -0.678. The second-order valence-corrected chi connectivity index (χ2v) is 4.63. The first kappa shape index (κ1) is 16.1. The summed E-state index contributed by atoms with van der Waals surface area (Å²) >= 11 is 5.74. The maximum absolute atomic E-state index is 12.7. The Morgan fingerprint density at radius 1 is 1.32 bits per heavy atom. The molecule has 1 heterocycles. The van der Waals surface area contributed by atoms with Crippen molar-refractivity contribution in [1.82, 2.24) is 4.98 Å². The van der Waals surface area contributed by atoms with E-state index < -0.39 is 11.7 Å². The van der Waals surface area contributed by atoms with Crippen LogP contribution in [0.1, 0.15) is 32.3 Å². The first-order valence-corrected chi connectivity index (χ1v) is 6.83. The Labute approximate surface area is 116 Å². The van der Waals surface area contributed by atoms with E-state index in [0.717, 1.165) is 25.0 Å². The summed E-state index contributed by atoms with van der Waals surface area (Å²) in [6.07, 6.45) is -1.48. The average Bonchev–Trinajstić information content (AvgIpc) is 2.38. The van der Waals surface area contributed by atoms with Crippen LogP contribution < -0.4 is 4.90 Å². The van der Waals surface area contributed by atoms with Gasteiger partial charge in [0.1, 0.15) is 5.82 Å². The molecule has 6 heteroatoms. The molecular formula is C13H18ClF3N2. The molecule has 1 rings (SSSR count). The van der Waals surface area contributed by atoms with Crippen LogP contribution in [0.15, 0.2) is 18.3 Å². The van der Waals surface area contributed by atoms with Gasteiger partial charge in [-0.3, -0.25) is 0 Å². The largest absolute Gasteiger partial charge is 0.416 e. The van der Waals surface area contributed by atoms with Gasteiger partial charge in [0.05, 0.1) is 5.56 Å². The molecule has 108 valence electrons. The number of pyridine rings is 1. The van der Waals surface area contributed by atoms with Crippen LogP contribution in [0.2, 0.25) is 0 Å². The van der Waals surface area contributed by atoms with Gasteiger partial charge in [-0.1, -0.05) is 13.8 Å². The van der Waals surface area contributed by atoms with E-state index in [1.54, 1.807) is 0 Å². The number of anilines is 1. The number of halogens is 4. The van der Waals surface area contributed by atoms with E-state index in [9.17, 15) is 13.2 Å². The topological polar surface area (TPSA) is 16.1 Å². The molecular weight excluding hydrogens is 277 g/mol. The van der Waals surface area contributed by atoms with E-state index in [1.165, 1.54) is 6.20 Å². The minimum atomic E-state index is -4.35. The fourth-order valence-corrected chi connectivity index (χ4v) is 2.24. The molecule has 0 amide bonds. The van der Waals surface area contributed by atoms with E-state index in [-0.39, 0.29) is 6.04 Å². The van der Waals surface area contributed by atoms with Crippen molar-refractivity contribution in [2.24, 2.45) is 0 Å². The molecule has 0 bridgehead atoms. The van der Waals surface area contributed by atoms with Gasteiger partial charge < -0.3 is 4.90 Å². The lowest BCUT2D eigenvalue weighted by molar-refractivity contribution is -0.137. The van der Waals surface area contributed by atoms with Crippen molar-refractivity contribution in [3.63, 3.8) is 0 Å². The van der Waals surface area contributed by atoms with Crippen molar-refractivity contribution >= 4 is 17.4 Å². The van der Waals surface area contributed by atoms with E-state index in [1.807, 2.05) is 18.7 Å². The van der Waals surface area contributed by atoms with E-state index in [0.29, 0.717) is 18.2 Å². The van der Waals surface area contributed by atoms with E-state index >= 15 is 0 Å². The normalized spacial score (nSPS) is 11.9. The van der Waals surface area contributed by atoms with Gasteiger partial charge in [0.15, 0.2) is 0 Å². The van der Waals surface area contributed by atoms with Crippen molar-refractivity contribution < 1.29 is 13.2 Å². The fraction of sp³-hybridized carbons (Fsp3) is 0.615. The number of rotatable bonds is 6. The van der Waals surface area contributed by atoms with E-state index in [2.05, 4.69) is 4.98 Å². The van der Waals surface area contributed by atoms with Crippen LogP contribution in [0.3, 0.4) is 0 Å². The lowest BCUT2D eigenvalue weighted by Gasteiger charge is -2.31. The van der Waals surface area contributed by atoms with Gasteiger partial charge in [-0.2, -0.15) is 13.2 Å². The predicted octanol–water partition coefficient (Wildman–Crippen LogP) is 4.33. The molecule has 0 aliphatic heterocycles. The van der Waals surface area contributed by atoms with Gasteiger partial charge in [0.2, 0.25) is 0 Å².